The van der Waals surface area contributed by atoms with Crippen molar-refractivity contribution in [3.8, 4) is 0 Å². The fraction of sp³-hybridized carbons (Fsp3) is 0. The van der Waals surface area contributed by atoms with Crippen molar-refractivity contribution in [3.05, 3.63) is 0 Å². The summed E-state index contributed by atoms with van der Waals surface area (Å²) >= 11 is 12.0. The molecule has 0 fully saturated rings. The van der Waals surface area contributed by atoms with Crippen molar-refractivity contribution >= 4 is 46.3 Å². The summed E-state index contributed by atoms with van der Waals surface area (Å²) in [5, 5.41) is 7.83. The molecule has 0 aliphatic rings. The van der Waals surface area contributed by atoms with Crippen LogP contribution in [0.2, 0.25) is 0 Å². The van der Waals surface area contributed by atoms with E-state index in [1.54, 1.807) is 0 Å². The second-order valence-electron chi connectivity index (χ2n) is 0.610. The molecule has 0 aliphatic heterocycles. The zero-order chi connectivity index (χ0) is 5.15. The summed E-state index contributed by atoms with van der Waals surface area (Å²) in [6.45, 7) is 0. The first kappa shape index (κ1) is 6.33. The zero-order valence-electron chi connectivity index (χ0n) is 2.71. The predicted molar refractivity (Wildman–Crippen MR) is 36.8 cm³/mol. The van der Waals surface area contributed by atoms with E-state index in [1.165, 1.54) is 0 Å². The Hall–Kier alpha value is 0.330. The van der Waals surface area contributed by atoms with Gasteiger partial charge in [-0.15, -0.1) is 12.6 Å². The zero-order valence-corrected chi connectivity index (χ0v) is 5.24. The molecule has 0 aromatic heterocycles. The van der Waals surface area contributed by atoms with E-state index < -0.39 is 0 Å². The summed E-state index contributed by atoms with van der Waals surface area (Å²) in [5.74, 6) is 0. The van der Waals surface area contributed by atoms with E-state index in [1.807, 2.05) is 0 Å². The highest BCUT2D eigenvalue weighted by molar-refractivity contribution is 8.15. The SMILES string of the molecule is OC(=S)C(=S)S. The first-order valence-corrected chi connectivity index (χ1v) is 2.37. The molecule has 4 heteroatoms. The van der Waals surface area contributed by atoms with Crippen LogP contribution in [0, 0.1) is 0 Å². The third-order valence-electron chi connectivity index (χ3n) is 0.183. The van der Waals surface area contributed by atoms with Crippen LogP contribution in [0.1, 0.15) is 0 Å². The van der Waals surface area contributed by atoms with Crippen LogP contribution >= 0.6 is 37.1 Å². The largest absolute Gasteiger partial charge is 0.498 e. The number of hydrogen-bond acceptors (Lipinski definition) is 2. The fourth-order valence-electron chi connectivity index (χ4n) is 0. The van der Waals surface area contributed by atoms with Crippen molar-refractivity contribution in [2.24, 2.45) is 0 Å². The highest BCUT2D eigenvalue weighted by Crippen LogP contribution is 1.83. The molecule has 0 saturated carbocycles. The average Bonchev–Trinajstić information content (AvgIpc) is 1.36. The molecular formula is C2H2OS3. The van der Waals surface area contributed by atoms with Crippen LogP contribution in [-0.4, -0.2) is 14.4 Å². The molecule has 0 atom stereocenters. The molecule has 0 bridgehead atoms. The van der Waals surface area contributed by atoms with E-state index in [0.29, 0.717) is 0 Å². The van der Waals surface area contributed by atoms with E-state index in [9.17, 15) is 0 Å². The van der Waals surface area contributed by atoms with Crippen LogP contribution < -0.4 is 0 Å². The standard InChI is InChI=1S/C2H2OS3/c3-1(4)2(5)6/h(H,3,4)(H,5,6). The van der Waals surface area contributed by atoms with Crippen molar-refractivity contribution < 1.29 is 5.11 Å². The van der Waals surface area contributed by atoms with Gasteiger partial charge >= 0.3 is 0 Å². The Bertz CT molecular complexity index is 74.8. The molecule has 0 aromatic carbocycles. The highest BCUT2D eigenvalue weighted by atomic mass is 32.1. The maximum absolute atomic E-state index is 8.14. The summed E-state index contributed by atoms with van der Waals surface area (Å²) in [4.78, 5) is 0. The van der Waals surface area contributed by atoms with Gasteiger partial charge in [0.1, 0.15) is 4.20 Å². The molecule has 0 amide bonds. The molecule has 1 N–H and O–H groups in total. The van der Waals surface area contributed by atoms with Gasteiger partial charge in [0, 0.05) is 0 Å². The molecule has 0 radical (unpaired) electrons. The van der Waals surface area contributed by atoms with Gasteiger partial charge in [-0.25, -0.2) is 0 Å². The number of thiocarbonyl (C=S) groups is 2. The van der Waals surface area contributed by atoms with Gasteiger partial charge in [-0.2, -0.15) is 0 Å². The van der Waals surface area contributed by atoms with E-state index in [-0.39, 0.29) is 9.25 Å². The molecule has 0 aromatic rings. The average molecular weight is 138 g/mol. The second kappa shape index (κ2) is 2.49. The predicted octanol–water partition coefficient (Wildman–Crippen LogP) is 1.13. The molecule has 0 saturated heterocycles. The fourth-order valence-corrected chi connectivity index (χ4v) is 0. The van der Waals surface area contributed by atoms with E-state index in [2.05, 4.69) is 37.1 Å². The van der Waals surface area contributed by atoms with E-state index in [0.717, 1.165) is 0 Å². The minimum Gasteiger partial charge on any atom is -0.498 e. The van der Waals surface area contributed by atoms with Gasteiger partial charge in [0.05, 0.1) is 0 Å². The Kier molecular flexibility index (Phi) is 2.63. The maximum Gasteiger partial charge on any atom is 0.206 e. The number of hydrogen-bond donors (Lipinski definition) is 2. The second-order valence-corrected chi connectivity index (χ2v) is 2.16. The molecule has 1 nitrogen and oxygen atoms in total. The number of thiol groups is 1. The van der Waals surface area contributed by atoms with Gasteiger partial charge in [-0.05, 0) is 12.2 Å². The molecule has 34 valence electrons. The van der Waals surface area contributed by atoms with Crippen LogP contribution in [0.25, 0.3) is 0 Å². The molecule has 0 aliphatic carbocycles. The first-order valence-electron chi connectivity index (χ1n) is 1.11. The van der Waals surface area contributed by atoms with Crippen LogP contribution in [0.4, 0.5) is 0 Å². The molecule has 0 unspecified atom stereocenters. The van der Waals surface area contributed by atoms with E-state index >= 15 is 0 Å². The minimum atomic E-state index is -0.312. The Labute approximate surface area is 51.8 Å². The van der Waals surface area contributed by atoms with E-state index in [4.69, 9.17) is 5.11 Å². The Morgan fingerprint density at radius 1 is 1.50 bits per heavy atom. The van der Waals surface area contributed by atoms with Crippen molar-refractivity contribution in [2.75, 3.05) is 0 Å². The number of rotatable bonds is 1. The third kappa shape index (κ3) is 2.56. The first-order chi connectivity index (χ1) is 2.64. The van der Waals surface area contributed by atoms with Gasteiger partial charge in [0.25, 0.3) is 0 Å². The van der Waals surface area contributed by atoms with Crippen molar-refractivity contribution in [1.29, 1.82) is 0 Å². The van der Waals surface area contributed by atoms with Gasteiger partial charge in [0.2, 0.25) is 5.05 Å². The Morgan fingerprint density at radius 3 is 1.67 bits per heavy atom. The maximum atomic E-state index is 8.14. The number of aliphatic hydroxyl groups excluding tert-OH is 1. The highest BCUT2D eigenvalue weighted by Gasteiger charge is 1.88. The summed E-state index contributed by atoms with van der Waals surface area (Å²) < 4.78 is 0.0741. The van der Waals surface area contributed by atoms with Crippen LogP contribution in [0.5, 0.6) is 0 Å². The van der Waals surface area contributed by atoms with Crippen molar-refractivity contribution in [1.82, 2.24) is 0 Å². The van der Waals surface area contributed by atoms with Gasteiger partial charge in [0.15, 0.2) is 0 Å². The van der Waals surface area contributed by atoms with Crippen molar-refractivity contribution in [2.45, 2.75) is 0 Å². The lowest BCUT2D eigenvalue weighted by Crippen LogP contribution is -1.96. The molecule has 6 heavy (non-hydrogen) atoms. The molecular weight excluding hydrogens is 136 g/mol. The smallest absolute Gasteiger partial charge is 0.206 e. The lowest BCUT2D eigenvalue weighted by molar-refractivity contribution is 0.581. The summed E-state index contributed by atoms with van der Waals surface area (Å²) in [7, 11) is 0. The minimum absolute atomic E-state index is 0.0741. The quantitative estimate of drug-likeness (QED) is 0.419. The summed E-state index contributed by atoms with van der Waals surface area (Å²) in [6, 6.07) is 0. The molecule has 0 spiro atoms. The topological polar surface area (TPSA) is 20.2 Å². The normalized spacial score (nSPS) is 7.50. The lowest BCUT2D eigenvalue weighted by atomic mass is 10.9. The van der Waals surface area contributed by atoms with Crippen LogP contribution in [0.3, 0.4) is 0 Å². The van der Waals surface area contributed by atoms with Gasteiger partial charge < -0.3 is 5.11 Å². The lowest BCUT2D eigenvalue weighted by Gasteiger charge is -1.80. The molecule has 0 rings (SSSR count). The summed E-state index contributed by atoms with van der Waals surface area (Å²) in [6.07, 6.45) is 0. The van der Waals surface area contributed by atoms with Crippen molar-refractivity contribution in [3.63, 3.8) is 0 Å². The van der Waals surface area contributed by atoms with Gasteiger partial charge in [-0.1, -0.05) is 12.2 Å². The van der Waals surface area contributed by atoms with Crippen LogP contribution in [-0.2, 0) is 0 Å². The Balaban J connectivity index is 3.57. The van der Waals surface area contributed by atoms with Crippen LogP contribution in [0.15, 0.2) is 0 Å². The summed E-state index contributed by atoms with van der Waals surface area (Å²) in [5.41, 5.74) is 0. The monoisotopic (exact) mass is 138 g/mol. The number of aliphatic hydroxyl groups is 1. The Morgan fingerprint density at radius 2 is 1.67 bits per heavy atom. The van der Waals surface area contributed by atoms with Gasteiger partial charge in [-0.3, -0.25) is 0 Å². The molecule has 0 heterocycles. The third-order valence-corrected chi connectivity index (χ3v) is 1.07.